The Morgan fingerprint density at radius 1 is 1.05 bits per heavy atom. The minimum atomic E-state index is 0.184. The zero-order valence-electron chi connectivity index (χ0n) is 13.1. The molecule has 2 aromatic carbocycles. The van der Waals surface area contributed by atoms with Crippen molar-refractivity contribution in [3.05, 3.63) is 59.2 Å². The number of nitriles is 1. The van der Waals surface area contributed by atoms with Crippen molar-refractivity contribution >= 4 is 0 Å². The molecule has 0 atom stereocenters. The van der Waals surface area contributed by atoms with Crippen molar-refractivity contribution in [3.8, 4) is 17.6 Å². The lowest BCUT2D eigenvalue weighted by Gasteiger charge is -2.23. The molecule has 0 unspecified atom stereocenters. The fraction of sp³-hybridized carbons (Fsp3) is 0.316. The van der Waals surface area contributed by atoms with Crippen molar-refractivity contribution in [1.29, 1.82) is 5.26 Å². The Morgan fingerprint density at radius 3 is 2.19 bits per heavy atom. The molecule has 0 aliphatic rings. The Labute approximate surface area is 127 Å². The van der Waals surface area contributed by atoms with Crippen LogP contribution in [-0.2, 0) is 5.41 Å². The molecule has 2 rings (SSSR count). The standard InChI is InChI=1S/C19H21NO/c1-5-19(3,4)16-7-10-17(11-8-16)21-18-9-6-15(13-20)14(2)12-18/h6-12H,5H2,1-4H3. The molecule has 0 saturated heterocycles. The maximum absolute atomic E-state index is 8.94. The summed E-state index contributed by atoms with van der Waals surface area (Å²) in [5.41, 5.74) is 3.11. The van der Waals surface area contributed by atoms with Crippen LogP contribution in [0.25, 0.3) is 0 Å². The first-order valence-corrected chi connectivity index (χ1v) is 7.25. The van der Waals surface area contributed by atoms with Gasteiger partial charge in [0, 0.05) is 0 Å². The van der Waals surface area contributed by atoms with Gasteiger partial charge in [-0.25, -0.2) is 0 Å². The van der Waals surface area contributed by atoms with Gasteiger partial charge in [-0.15, -0.1) is 0 Å². The van der Waals surface area contributed by atoms with Crippen LogP contribution < -0.4 is 4.74 Å². The highest BCUT2D eigenvalue weighted by Crippen LogP contribution is 2.30. The molecule has 0 aromatic heterocycles. The highest BCUT2D eigenvalue weighted by molar-refractivity contribution is 5.43. The average molecular weight is 279 g/mol. The van der Waals surface area contributed by atoms with Crippen LogP contribution >= 0.6 is 0 Å². The largest absolute Gasteiger partial charge is 0.457 e. The van der Waals surface area contributed by atoms with E-state index in [-0.39, 0.29) is 5.41 Å². The average Bonchev–Trinajstić information content (AvgIpc) is 2.48. The van der Waals surface area contributed by atoms with Crippen LogP contribution in [0.2, 0.25) is 0 Å². The number of aryl methyl sites for hydroxylation is 1. The summed E-state index contributed by atoms with van der Waals surface area (Å²) in [4.78, 5) is 0. The molecule has 0 radical (unpaired) electrons. The van der Waals surface area contributed by atoms with Crippen molar-refractivity contribution in [2.24, 2.45) is 0 Å². The third-order valence-corrected chi connectivity index (χ3v) is 4.07. The van der Waals surface area contributed by atoms with E-state index in [2.05, 4.69) is 39.0 Å². The van der Waals surface area contributed by atoms with Crippen molar-refractivity contribution in [2.75, 3.05) is 0 Å². The first-order valence-electron chi connectivity index (χ1n) is 7.25. The summed E-state index contributed by atoms with van der Waals surface area (Å²) in [6, 6.07) is 15.9. The fourth-order valence-electron chi connectivity index (χ4n) is 2.14. The second kappa shape index (κ2) is 6.01. The monoisotopic (exact) mass is 279 g/mol. The molecule has 0 aliphatic heterocycles. The lowest BCUT2D eigenvalue weighted by Crippen LogP contribution is -2.14. The van der Waals surface area contributed by atoms with Crippen LogP contribution in [-0.4, -0.2) is 0 Å². The minimum Gasteiger partial charge on any atom is -0.457 e. The highest BCUT2D eigenvalue weighted by Gasteiger charge is 2.17. The van der Waals surface area contributed by atoms with Gasteiger partial charge < -0.3 is 4.74 Å². The summed E-state index contributed by atoms with van der Waals surface area (Å²) in [5.74, 6) is 1.57. The van der Waals surface area contributed by atoms with E-state index in [1.807, 2.05) is 31.2 Å². The summed E-state index contributed by atoms with van der Waals surface area (Å²) in [5, 5.41) is 8.94. The van der Waals surface area contributed by atoms with E-state index in [1.165, 1.54) is 5.56 Å². The lowest BCUT2D eigenvalue weighted by molar-refractivity contribution is 0.478. The normalized spacial score (nSPS) is 11.0. The van der Waals surface area contributed by atoms with Gasteiger partial charge >= 0.3 is 0 Å². The first kappa shape index (κ1) is 15.1. The molecule has 2 aromatic rings. The van der Waals surface area contributed by atoms with E-state index >= 15 is 0 Å². The predicted molar refractivity (Wildman–Crippen MR) is 85.7 cm³/mol. The Bertz CT molecular complexity index is 663. The number of ether oxygens (including phenoxy) is 1. The maximum atomic E-state index is 8.94. The summed E-state index contributed by atoms with van der Waals surface area (Å²) in [7, 11) is 0. The van der Waals surface area contributed by atoms with Crippen LogP contribution in [0.3, 0.4) is 0 Å². The molecular formula is C19H21NO. The van der Waals surface area contributed by atoms with Gasteiger partial charge in [-0.1, -0.05) is 32.9 Å². The van der Waals surface area contributed by atoms with Crippen LogP contribution in [0.4, 0.5) is 0 Å². The molecule has 0 aliphatic carbocycles. The molecule has 0 heterocycles. The molecule has 2 nitrogen and oxygen atoms in total. The predicted octanol–water partition coefficient (Wildman–Crippen LogP) is 5.35. The van der Waals surface area contributed by atoms with Gasteiger partial charge in [0.2, 0.25) is 0 Å². The van der Waals surface area contributed by atoms with Crippen molar-refractivity contribution in [2.45, 2.75) is 39.5 Å². The molecule has 108 valence electrons. The van der Waals surface area contributed by atoms with E-state index in [0.717, 1.165) is 23.5 Å². The van der Waals surface area contributed by atoms with Gasteiger partial charge in [-0.3, -0.25) is 0 Å². The molecule has 0 bridgehead atoms. The van der Waals surface area contributed by atoms with Crippen LogP contribution in [0.15, 0.2) is 42.5 Å². The summed E-state index contributed by atoms with van der Waals surface area (Å²) in [6.07, 6.45) is 1.10. The number of hydrogen-bond donors (Lipinski definition) is 0. The Morgan fingerprint density at radius 2 is 1.67 bits per heavy atom. The zero-order chi connectivity index (χ0) is 15.5. The van der Waals surface area contributed by atoms with Crippen LogP contribution in [0.5, 0.6) is 11.5 Å². The van der Waals surface area contributed by atoms with Crippen molar-refractivity contribution < 1.29 is 4.74 Å². The molecule has 0 fully saturated rings. The third-order valence-electron chi connectivity index (χ3n) is 4.07. The van der Waals surface area contributed by atoms with Crippen molar-refractivity contribution in [3.63, 3.8) is 0 Å². The number of hydrogen-bond acceptors (Lipinski definition) is 2. The number of benzene rings is 2. The summed E-state index contributed by atoms with van der Waals surface area (Å²) in [6.45, 7) is 8.60. The van der Waals surface area contributed by atoms with E-state index in [0.29, 0.717) is 5.56 Å². The van der Waals surface area contributed by atoms with Crippen molar-refractivity contribution in [1.82, 2.24) is 0 Å². The molecule has 0 amide bonds. The third kappa shape index (κ3) is 3.44. The molecule has 0 spiro atoms. The van der Waals surface area contributed by atoms with Gasteiger partial charge in [0.25, 0.3) is 0 Å². The molecule has 0 N–H and O–H groups in total. The molecular weight excluding hydrogens is 258 g/mol. The summed E-state index contributed by atoms with van der Waals surface area (Å²) >= 11 is 0. The second-order valence-corrected chi connectivity index (χ2v) is 5.95. The minimum absolute atomic E-state index is 0.184. The van der Waals surface area contributed by atoms with E-state index in [4.69, 9.17) is 10.00 Å². The van der Waals surface area contributed by atoms with E-state index in [9.17, 15) is 0 Å². The van der Waals surface area contributed by atoms with Crippen LogP contribution in [0.1, 0.15) is 43.9 Å². The summed E-state index contributed by atoms with van der Waals surface area (Å²) < 4.78 is 5.85. The fourth-order valence-corrected chi connectivity index (χ4v) is 2.14. The quantitative estimate of drug-likeness (QED) is 0.756. The van der Waals surface area contributed by atoms with Gasteiger partial charge in [0.1, 0.15) is 11.5 Å². The Balaban J connectivity index is 2.18. The van der Waals surface area contributed by atoms with E-state index < -0.39 is 0 Å². The van der Waals surface area contributed by atoms with Crippen LogP contribution in [0, 0.1) is 18.3 Å². The smallest absolute Gasteiger partial charge is 0.127 e. The lowest BCUT2D eigenvalue weighted by atomic mass is 9.82. The molecule has 0 saturated carbocycles. The Kier molecular flexibility index (Phi) is 4.33. The molecule has 2 heteroatoms. The number of rotatable bonds is 4. The SMILES string of the molecule is CCC(C)(C)c1ccc(Oc2ccc(C#N)c(C)c2)cc1. The number of nitrogens with zero attached hydrogens (tertiary/aromatic N) is 1. The second-order valence-electron chi connectivity index (χ2n) is 5.95. The highest BCUT2D eigenvalue weighted by atomic mass is 16.5. The van der Waals surface area contributed by atoms with Gasteiger partial charge in [-0.2, -0.15) is 5.26 Å². The van der Waals surface area contributed by atoms with Gasteiger partial charge in [0.05, 0.1) is 11.6 Å². The van der Waals surface area contributed by atoms with Gasteiger partial charge in [-0.05, 0) is 60.2 Å². The Hall–Kier alpha value is -2.27. The molecule has 21 heavy (non-hydrogen) atoms. The zero-order valence-corrected chi connectivity index (χ0v) is 13.1. The first-order chi connectivity index (χ1) is 9.96. The topological polar surface area (TPSA) is 33.0 Å². The van der Waals surface area contributed by atoms with E-state index in [1.54, 1.807) is 6.07 Å². The van der Waals surface area contributed by atoms with Gasteiger partial charge in [0.15, 0.2) is 0 Å². The maximum Gasteiger partial charge on any atom is 0.127 e.